The van der Waals surface area contributed by atoms with E-state index in [1.54, 1.807) is 26.2 Å². The maximum Gasteiger partial charge on any atom is 0.233 e. The number of halogens is 1. The van der Waals surface area contributed by atoms with Crippen LogP contribution in [0.4, 0.5) is 4.39 Å². The molecule has 23 heavy (non-hydrogen) atoms. The molecule has 7 heteroatoms. The normalized spacial score (nSPS) is 23.3. The Kier molecular flexibility index (Phi) is 4.70. The number of nitrogens with zero attached hydrogens (tertiary/aromatic N) is 3. The van der Waals surface area contributed by atoms with Crippen molar-refractivity contribution in [2.75, 3.05) is 20.2 Å². The molecule has 1 aliphatic heterocycles. The first-order valence-corrected chi connectivity index (χ1v) is 7.57. The van der Waals surface area contributed by atoms with E-state index in [9.17, 15) is 9.50 Å². The molecule has 6 nitrogen and oxygen atoms in total. The number of ether oxygens (including phenoxy) is 1. The predicted molar refractivity (Wildman–Crippen MR) is 80.1 cm³/mol. The maximum absolute atomic E-state index is 13.0. The quantitative estimate of drug-likeness (QED) is 0.908. The zero-order chi connectivity index (χ0) is 16.4. The number of aromatic nitrogens is 2. The van der Waals surface area contributed by atoms with E-state index in [4.69, 9.17) is 9.15 Å². The lowest BCUT2D eigenvalue weighted by molar-refractivity contribution is 0.0818. The van der Waals surface area contributed by atoms with Gasteiger partial charge in [0.15, 0.2) is 0 Å². The van der Waals surface area contributed by atoms with Gasteiger partial charge in [0.2, 0.25) is 11.8 Å². The molecule has 1 aliphatic rings. The third kappa shape index (κ3) is 3.57. The highest BCUT2D eigenvalue weighted by molar-refractivity contribution is 5.19. The van der Waals surface area contributed by atoms with E-state index in [2.05, 4.69) is 15.1 Å². The van der Waals surface area contributed by atoms with Crippen molar-refractivity contribution in [3.8, 4) is 0 Å². The fraction of sp³-hybridized carbons (Fsp3) is 0.500. The summed E-state index contributed by atoms with van der Waals surface area (Å²) in [7, 11) is 1.67. The molecule has 0 saturated carbocycles. The van der Waals surface area contributed by atoms with Crippen molar-refractivity contribution in [2.24, 2.45) is 0 Å². The van der Waals surface area contributed by atoms with Crippen molar-refractivity contribution in [3.05, 3.63) is 47.4 Å². The number of aliphatic hydroxyl groups is 1. The lowest BCUT2D eigenvalue weighted by Crippen LogP contribution is -2.30. The Morgan fingerprint density at radius 3 is 2.74 bits per heavy atom. The van der Waals surface area contributed by atoms with E-state index in [1.165, 1.54) is 12.1 Å². The highest BCUT2D eigenvalue weighted by atomic mass is 19.1. The van der Waals surface area contributed by atoms with Crippen LogP contribution < -0.4 is 0 Å². The molecule has 0 aliphatic carbocycles. The van der Waals surface area contributed by atoms with Crippen LogP contribution in [0.1, 0.15) is 35.9 Å². The van der Waals surface area contributed by atoms with Gasteiger partial charge in [0.1, 0.15) is 5.82 Å². The van der Waals surface area contributed by atoms with Gasteiger partial charge in [-0.3, -0.25) is 4.90 Å². The van der Waals surface area contributed by atoms with Crippen LogP contribution in [0.5, 0.6) is 0 Å². The lowest BCUT2D eigenvalue weighted by Gasteiger charge is -2.24. The Balaban J connectivity index is 1.74. The largest absolute Gasteiger partial charge is 0.424 e. The van der Waals surface area contributed by atoms with Gasteiger partial charge in [0.05, 0.1) is 18.2 Å². The second-order valence-electron chi connectivity index (χ2n) is 5.79. The van der Waals surface area contributed by atoms with Gasteiger partial charge in [0.25, 0.3) is 0 Å². The molecule has 0 bridgehead atoms. The maximum atomic E-state index is 13.0. The van der Waals surface area contributed by atoms with Crippen LogP contribution in [-0.2, 0) is 4.74 Å². The Morgan fingerprint density at radius 1 is 1.39 bits per heavy atom. The van der Waals surface area contributed by atoms with Crippen LogP contribution in [-0.4, -0.2) is 46.5 Å². The fourth-order valence-corrected chi connectivity index (χ4v) is 2.95. The molecule has 1 saturated heterocycles. The van der Waals surface area contributed by atoms with Gasteiger partial charge in [-0.15, -0.1) is 10.2 Å². The van der Waals surface area contributed by atoms with Crippen molar-refractivity contribution in [1.29, 1.82) is 0 Å². The zero-order valence-corrected chi connectivity index (χ0v) is 13.1. The first-order valence-electron chi connectivity index (χ1n) is 7.57. The van der Waals surface area contributed by atoms with E-state index in [0.717, 1.165) is 6.42 Å². The number of benzene rings is 1. The number of hydrogen-bond donors (Lipinski definition) is 1. The average molecular weight is 321 g/mol. The summed E-state index contributed by atoms with van der Waals surface area (Å²) in [5, 5.41) is 18.4. The number of β-amino-alcohol motifs (C(OH)–C–C–N with tert-alkyl or cyclic N) is 1. The Morgan fingerprint density at radius 2 is 2.13 bits per heavy atom. The smallest absolute Gasteiger partial charge is 0.233 e. The van der Waals surface area contributed by atoms with Crippen molar-refractivity contribution in [2.45, 2.75) is 31.6 Å². The lowest BCUT2D eigenvalue weighted by atomic mass is 10.1. The number of hydrogen-bond acceptors (Lipinski definition) is 6. The molecule has 2 aromatic rings. The Bertz CT molecular complexity index is 646. The van der Waals surface area contributed by atoms with Gasteiger partial charge in [0, 0.05) is 27.1 Å². The second kappa shape index (κ2) is 6.74. The molecule has 1 N–H and O–H groups in total. The number of rotatable bonds is 5. The molecule has 1 unspecified atom stereocenters. The van der Waals surface area contributed by atoms with Crippen LogP contribution in [0.3, 0.4) is 0 Å². The molecule has 2 heterocycles. The summed E-state index contributed by atoms with van der Waals surface area (Å²) >= 11 is 0. The highest BCUT2D eigenvalue weighted by Gasteiger charge is 2.37. The van der Waals surface area contributed by atoms with Crippen molar-refractivity contribution >= 4 is 0 Å². The summed E-state index contributed by atoms with van der Waals surface area (Å²) in [6.07, 6.45) is 0.0548. The van der Waals surface area contributed by atoms with Gasteiger partial charge < -0.3 is 14.3 Å². The first kappa shape index (κ1) is 16.0. The second-order valence-corrected chi connectivity index (χ2v) is 5.79. The van der Waals surface area contributed by atoms with E-state index in [1.807, 2.05) is 0 Å². The highest BCUT2D eigenvalue weighted by Crippen LogP contribution is 2.34. The molecular formula is C16H20FN3O3. The van der Waals surface area contributed by atoms with Gasteiger partial charge in [-0.25, -0.2) is 4.39 Å². The summed E-state index contributed by atoms with van der Waals surface area (Å²) < 4.78 is 24.0. The molecular weight excluding hydrogens is 301 g/mol. The molecule has 1 aromatic heterocycles. The number of aryl methyl sites for hydroxylation is 1. The van der Waals surface area contributed by atoms with Crippen LogP contribution >= 0.6 is 0 Å². The Labute approximate surface area is 133 Å². The minimum absolute atomic E-state index is 0.0487. The fourth-order valence-electron chi connectivity index (χ4n) is 2.95. The predicted octanol–water partition coefficient (Wildman–Crippen LogP) is 2.01. The standard InChI is InChI=1S/C16H20FN3O3/c1-10-18-19-16(23-10)14-7-13(22-2)8-20(14)9-15(21)11-3-5-12(17)6-4-11/h3-6,13-15,21H,7-9H2,1-2H3/t13-,14-,15?/m1/s1. The minimum Gasteiger partial charge on any atom is -0.424 e. The molecule has 0 amide bonds. The van der Waals surface area contributed by atoms with Gasteiger partial charge in [-0.05, 0) is 24.1 Å². The van der Waals surface area contributed by atoms with E-state index >= 15 is 0 Å². The number of likely N-dealkylation sites (tertiary alicyclic amines) is 1. The molecule has 124 valence electrons. The third-order valence-corrected chi connectivity index (χ3v) is 4.19. The van der Waals surface area contributed by atoms with Crippen LogP contribution in [0.2, 0.25) is 0 Å². The van der Waals surface area contributed by atoms with Crippen LogP contribution in [0.15, 0.2) is 28.7 Å². The molecule has 1 fully saturated rings. The van der Waals surface area contributed by atoms with Crippen molar-refractivity contribution in [1.82, 2.24) is 15.1 Å². The Hall–Kier alpha value is -1.83. The molecule has 3 atom stereocenters. The monoisotopic (exact) mass is 321 g/mol. The summed E-state index contributed by atoms with van der Waals surface area (Å²) in [5.74, 6) is 0.731. The molecule has 1 aromatic carbocycles. The SMILES string of the molecule is CO[C@@H]1C[C@H](c2nnc(C)o2)N(CC(O)c2ccc(F)cc2)C1. The van der Waals surface area contributed by atoms with Crippen LogP contribution in [0, 0.1) is 12.7 Å². The molecule has 0 spiro atoms. The summed E-state index contributed by atoms with van der Waals surface area (Å²) in [6.45, 7) is 2.80. The minimum atomic E-state index is -0.724. The number of aliphatic hydroxyl groups excluding tert-OH is 1. The first-order chi connectivity index (χ1) is 11.1. The number of methoxy groups -OCH3 is 1. The van der Waals surface area contributed by atoms with Gasteiger partial charge in [-0.2, -0.15) is 0 Å². The average Bonchev–Trinajstić information content (AvgIpc) is 3.14. The third-order valence-electron chi connectivity index (χ3n) is 4.19. The summed E-state index contributed by atoms with van der Waals surface area (Å²) in [5.41, 5.74) is 0.674. The van der Waals surface area contributed by atoms with Gasteiger partial charge in [-0.1, -0.05) is 12.1 Å². The van der Waals surface area contributed by atoms with Crippen LogP contribution in [0.25, 0.3) is 0 Å². The molecule has 0 radical (unpaired) electrons. The zero-order valence-electron chi connectivity index (χ0n) is 13.1. The van der Waals surface area contributed by atoms with E-state index in [0.29, 0.717) is 30.4 Å². The van der Waals surface area contributed by atoms with E-state index in [-0.39, 0.29) is 18.0 Å². The van der Waals surface area contributed by atoms with E-state index < -0.39 is 6.10 Å². The molecule has 3 rings (SSSR count). The van der Waals surface area contributed by atoms with Crippen molar-refractivity contribution < 1.29 is 18.7 Å². The summed E-state index contributed by atoms with van der Waals surface area (Å²) in [4.78, 5) is 2.06. The topological polar surface area (TPSA) is 71.6 Å². The summed E-state index contributed by atoms with van der Waals surface area (Å²) in [6, 6.07) is 5.79. The van der Waals surface area contributed by atoms with Crippen molar-refractivity contribution in [3.63, 3.8) is 0 Å². The van der Waals surface area contributed by atoms with Gasteiger partial charge >= 0.3 is 0 Å².